The van der Waals surface area contributed by atoms with Crippen molar-refractivity contribution < 1.29 is 4.79 Å². The van der Waals surface area contributed by atoms with E-state index in [2.05, 4.69) is 20.6 Å². The van der Waals surface area contributed by atoms with Gasteiger partial charge in [0.1, 0.15) is 0 Å². The lowest BCUT2D eigenvalue weighted by Crippen LogP contribution is -2.32. The van der Waals surface area contributed by atoms with Gasteiger partial charge in [0.2, 0.25) is 5.95 Å². The Bertz CT molecular complexity index is 691. The van der Waals surface area contributed by atoms with E-state index in [0.29, 0.717) is 28.1 Å². The zero-order chi connectivity index (χ0) is 17.5. The average molecular weight is 367 g/mol. The van der Waals surface area contributed by atoms with Crippen LogP contribution in [-0.4, -0.2) is 28.5 Å². The first kappa shape index (κ1) is 18.5. The second-order valence-electron chi connectivity index (χ2n) is 5.49. The van der Waals surface area contributed by atoms with Crippen molar-refractivity contribution in [1.82, 2.24) is 15.3 Å². The Morgan fingerprint density at radius 3 is 2.58 bits per heavy atom. The monoisotopic (exact) mass is 366 g/mol. The molecule has 2 N–H and O–H groups in total. The highest BCUT2D eigenvalue weighted by Crippen LogP contribution is 2.21. The standard InChI is InChI=1S/C17H20Cl2N4O/c1-3-11(2)23-16(24)13-9-21-17(22-10-13)20-7-6-12-4-5-14(18)8-15(12)19/h4-5,8-11H,3,6-7H2,1-2H3,(H,23,24)(H,20,21,22). The number of carbonyl (C=O) groups is 1. The van der Waals surface area contributed by atoms with Gasteiger partial charge in [0.15, 0.2) is 0 Å². The number of hydrogen-bond acceptors (Lipinski definition) is 4. The lowest BCUT2D eigenvalue weighted by atomic mass is 10.1. The van der Waals surface area contributed by atoms with Crippen LogP contribution in [0.2, 0.25) is 10.0 Å². The van der Waals surface area contributed by atoms with Gasteiger partial charge in [0, 0.05) is 35.0 Å². The molecule has 24 heavy (non-hydrogen) atoms. The molecule has 1 unspecified atom stereocenters. The second-order valence-corrected chi connectivity index (χ2v) is 6.33. The van der Waals surface area contributed by atoms with Crippen LogP contribution in [0.15, 0.2) is 30.6 Å². The molecular weight excluding hydrogens is 347 g/mol. The highest BCUT2D eigenvalue weighted by atomic mass is 35.5. The SMILES string of the molecule is CCC(C)NC(=O)c1cnc(NCCc2ccc(Cl)cc2Cl)nc1. The number of amides is 1. The lowest BCUT2D eigenvalue weighted by Gasteiger charge is -2.11. The zero-order valence-electron chi connectivity index (χ0n) is 13.6. The van der Waals surface area contributed by atoms with E-state index in [-0.39, 0.29) is 11.9 Å². The van der Waals surface area contributed by atoms with Crippen LogP contribution in [0.5, 0.6) is 0 Å². The molecule has 0 spiro atoms. The van der Waals surface area contributed by atoms with Gasteiger partial charge in [-0.15, -0.1) is 0 Å². The van der Waals surface area contributed by atoms with Gasteiger partial charge in [-0.05, 0) is 37.5 Å². The lowest BCUT2D eigenvalue weighted by molar-refractivity contribution is 0.0938. The van der Waals surface area contributed by atoms with Crippen LogP contribution in [0.4, 0.5) is 5.95 Å². The molecule has 1 aromatic heterocycles. The Morgan fingerprint density at radius 2 is 1.96 bits per heavy atom. The van der Waals surface area contributed by atoms with Crippen LogP contribution in [0.3, 0.4) is 0 Å². The molecule has 1 amide bonds. The van der Waals surface area contributed by atoms with Gasteiger partial charge in [0.25, 0.3) is 5.91 Å². The summed E-state index contributed by atoms with van der Waals surface area (Å²) in [5.74, 6) is 0.309. The summed E-state index contributed by atoms with van der Waals surface area (Å²) in [7, 11) is 0. The summed E-state index contributed by atoms with van der Waals surface area (Å²) < 4.78 is 0. The van der Waals surface area contributed by atoms with Gasteiger partial charge in [-0.3, -0.25) is 4.79 Å². The minimum Gasteiger partial charge on any atom is -0.354 e. The fourth-order valence-corrected chi connectivity index (χ4v) is 2.48. The number of hydrogen-bond donors (Lipinski definition) is 2. The Balaban J connectivity index is 1.86. The third-order valence-corrected chi connectivity index (χ3v) is 4.18. The van der Waals surface area contributed by atoms with Crippen molar-refractivity contribution in [2.24, 2.45) is 0 Å². The van der Waals surface area contributed by atoms with E-state index in [1.54, 1.807) is 6.07 Å². The third kappa shape index (κ3) is 5.35. The summed E-state index contributed by atoms with van der Waals surface area (Å²) >= 11 is 12.0. The van der Waals surface area contributed by atoms with E-state index in [4.69, 9.17) is 23.2 Å². The maximum Gasteiger partial charge on any atom is 0.254 e. The van der Waals surface area contributed by atoms with Crippen molar-refractivity contribution in [3.63, 3.8) is 0 Å². The molecule has 2 aromatic rings. The van der Waals surface area contributed by atoms with Crippen molar-refractivity contribution in [3.05, 3.63) is 51.8 Å². The molecular formula is C17H20Cl2N4O. The quantitative estimate of drug-likeness (QED) is 0.777. The summed E-state index contributed by atoms with van der Waals surface area (Å²) in [5, 5.41) is 7.24. The van der Waals surface area contributed by atoms with Crippen LogP contribution in [-0.2, 0) is 6.42 Å². The normalized spacial score (nSPS) is 11.8. The van der Waals surface area contributed by atoms with Crippen LogP contribution in [0.1, 0.15) is 36.2 Å². The molecule has 0 saturated carbocycles. The van der Waals surface area contributed by atoms with E-state index in [1.165, 1.54) is 12.4 Å². The molecule has 0 radical (unpaired) electrons. The summed E-state index contributed by atoms with van der Waals surface area (Å²) in [6.07, 6.45) is 4.62. The Kier molecular flexibility index (Phi) is 6.82. The maximum atomic E-state index is 12.0. The predicted molar refractivity (Wildman–Crippen MR) is 97.9 cm³/mol. The highest BCUT2D eigenvalue weighted by molar-refractivity contribution is 6.35. The fraction of sp³-hybridized carbons (Fsp3) is 0.353. The first-order valence-electron chi connectivity index (χ1n) is 7.80. The first-order chi connectivity index (χ1) is 11.5. The molecule has 0 bridgehead atoms. The smallest absolute Gasteiger partial charge is 0.254 e. The van der Waals surface area contributed by atoms with Gasteiger partial charge < -0.3 is 10.6 Å². The molecule has 5 nitrogen and oxygen atoms in total. The van der Waals surface area contributed by atoms with Gasteiger partial charge in [-0.2, -0.15) is 0 Å². The van der Waals surface area contributed by atoms with Crippen LogP contribution < -0.4 is 10.6 Å². The average Bonchev–Trinajstić information content (AvgIpc) is 2.57. The largest absolute Gasteiger partial charge is 0.354 e. The van der Waals surface area contributed by atoms with Crippen molar-refractivity contribution >= 4 is 35.1 Å². The topological polar surface area (TPSA) is 66.9 Å². The van der Waals surface area contributed by atoms with Crippen molar-refractivity contribution in [2.45, 2.75) is 32.7 Å². The number of carbonyl (C=O) groups excluding carboxylic acids is 1. The molecule has 7 heteroatoms. The second kappa shape index (κ2) is 8.85. The third-order valence-electron chi connectivity index (χ3n) is 3.60. The summed E-state index contributed by atoms with van der Waals surface area (Å²) in [6, 6.07) is 5.55. The van der Waals surface area contributed by atoms with E-state index in [0.717, 1.165) is 18.4 Å². The van der Waals surface area contributed by atoms with Gasteiger partial charge >= 0.3 is 0 Å². The molecule has 1 heterocycles. The Hall–Kier alpha value is -1.85. The minimum absolute atomic E-state index is 0.124. The number of halogens is 2. The summed E-state index contributed by atoms with van der Waals surface area (Å²) in [4.78, 5) is 20.3. The van der Waals surface area contributed by atoms with Crippen molar-refractivity contribution in [3.8, 4) is 0 Å². The minimum atomic E-state index is -0.163. The van der Waals surface area contributed by atoms with E-state index < -0.39 is 0 Å². The molecule has 1 atom stereocenters. The number of rotatable bonds is 7. The number of benzene rings is 1. The molecule has 2 rings (SSSR count). The van der Waals surface area contributed by atoms with E-state index in [1.807, 2.05) is 26.0 Å². The van der Waals surface area contributed by atoms with Gasteiger partial charge in [-0.1, -0.05) is 36.2 Å². The van der Waals surface area contributed by atoms with E-state index >= 15 is 0 Å². The van der Waals surface area contributed by atoms with Crippen LogP contribution in [0.25, 0.3) is 0 Å². The van der Waals surface area contributed by atoms with Crippen molar-refractivity contribution in [1.29, 1.82) is 0 Å². The van der Waals surface area contributed by atoms with Gasteiger partial charge in [-0.25, -0.2) is 9.97 Å². The molecule has 0 aliphatic carbocycles. The maximum absolute atomic E-state index is 12.0. The van der Waals surface area contributed by atoms with Crippen LogP contribution in [0, 0.1) is 0 Å². The van der Waals surface area contributed by atoms with Gasteiger partial charge in [0.05, 0.1) is 5.56 Å². The number of nitrogens with zero attached hydrogens (tertiary/aromatic N) is 2. The highest BCUT2D eigenvalue weighted by Gasteiger charge is 2.09. The first-order valence-corrected chi connectivity index (χ1v) is 8.56. The zero-order valence-corrected chi connectivity index (χ0v) is 15.2. The Labute approximate surface area is 151 Å². The molecule has 0 aliphatic rings. The summed E-state index contributed by atoms with van der Waals surface area (Å²) in [5.41, 5.74) is 1.44. The molecule has 0 fully saturated rings. The molecule has 0 aliphatic heterocycles. The number of nitrogens with one attached hydrogen (secondary N) is 2. The number of anilines is 1. The van der Waals surface area contributed by atoms with E-state index in [9.17, 15) is 4.79 Å². The fourth-order valence-electron chi connectivity index (χ4n) is 1.98. The molecule has 0 saturated heterocycles. The van der Waals surface area contributed by atoms with Crippen LogP contribution >= 0.6 is 23.2 Å². The predicted octanol–water partition coefficient (Wildman–Crippen LogP) is 3.97. The summed E-state index contributed by atoms with van der Waals surface area (Å²) in [6.45, 7) is 4.59. The van der Waals surface area contributed by atoms with Crippen molar-refractivity contribution in [2.75, 3.05) is 11.9 Å². The molecule has 1 aromatic carbocycles. The Morgan fingerprint density at radius 1 is 1.25 bits per heavy atom. The molecule has 128 valence electrons. The number of aromatic nitrogens is 2.